The zero-order valence-electron chi connectivity index (χ0n) is 11.6. The number of ether oxygens (including phenoxy) is 1. The minimum Gasteiger partial charge on any atom is -0.481 e. The summed E-state index contributed by atoms with van der Waals surface area (Å²) in [7, 11) is 0. The van der Waals surface area contributed by atoms with E-state index in [1.54, 1.807) is 39.0 Å². The number of aryl methyl sites for hydroxylation is 1. The molecule has 0 aliphatic carbocycles. The van der Waals surface area contributed by atoms with Gasteiger partial charge in [0.15, 0.2) is 0 Å². The average Bonchev–Trinajstić information content (AvgIpc) is 2.37. The van der Waals surface area contributed by atoms with E-state index in [1.807, 2.05) is 6.07 Å². The maximum atomic E-state index is 11.6. The Morgan fingerprint density at radius 2 is 2.00 bits per heavy atom. The van der Waals surface area contributed by atoms with Crippen LogP contribution in [0.5, 0.6) is 0 Å². The van der Waals surface area contributed by atoms with Crippen molar-refractivity contribution in [2.24, 2.45) is 5.41 Å². The van der Waals surface area contributed by atoms with Crippen molar-refractivity contribution in [3.8, 4) is 0 Å². The molecule has 0 aliphatic rings. The molecule has 1 aromatic rings. The molecule has 0 aliphatic heterocycles. The topological polar surface area (TPSA) is 63.6 Å². The number of carbonyl (C=O) groups is 2. The van der Waals surface area contributed by atoms with Gasteiger partial charge in [-0.2, -0.15) is 0 Å². The zero-order valence-corrected chi connectivity index (χ0v) is 11.6. The number of carbonyl (C=O) groups excluding carboxylic acids is 1. The number of hydrogen-bond acceptors (Lipinski definition) is 3. The van der Waals surface area contributed by atoms with Crippen molar-refractivity contribution in [1.82, 2.24) is 0 Å². The van der Waals surface area contributed by atoms with Crippen LogP contribution in [0.25, 0.3) is 0 Å². The van der Waals surface area contributed by atoms with Gasteiger partial charge in [0.25, 0.3) is 0 Å². The molecule has 0 aromatic heterocycles. The number of benzene rings is 1. The van der Waals surface area contributed by atoms with Gasteiger partial charge in [-0.1, -0.05) is 12.1 Å². The van der Waals surface area contributed by atoms with Crippen LogP contribution in [0.4, 0.5) is 0 Å². The number of carboxylic acids is 1. The van der Waals surface area contributed by atoms with Crippen LogP contribution < -0.4 is 0 Å². The molecule has 0 bridgehead atoms. The first-order chi connectivity index (χ1) is 8.86. The molecule has 4 nitrogen and oxygen atoms in total. The molecule has 4 heteroatoms. The molecule has 0 amide bonds. The molecule has 0 radical (unpaired) electrons. The van der Waals surface area contributed by atoms with E-state index in [0.717, 1.165) is 5.56 Å². The second-order valence-electron chi connectivity index (χ2n) is 5.11. The first-order valence-corrected chi connectivity index (χ1v) is 6.36. The Labute approximate surface area is 113 Å². The highest BCUT2D eigenvalue weighted by Gasteiger charge is 2.26. The van der Waals surface area contributed by atoms with E-state index in [4.69, 9.17) is 9.84 Å². The van der Waals surface area contributed by atoms with E-state index in [0.29, 0.717) is 25.0 Å². The van der Waals surface area contributed by atoms with Crippen LogP contribution in [-0.2, 0) is 16.0 Å². The molecule has 1 rings (SSSR count). The molecule has 0 heterocycles. The maximum absolute atomic E-state index is 11.6. The zero-order chi connectivity index (χ0) is 14.5. The lowest BCUT2D eigenvalue weighted by atomic mass is 9.86. The molecular formula is C15H20O4. The minimum atomic E-state index is -0.811. The van der Waals surface area contributed by atoms with Crippen molar-refractivity contribution in [3.05, 3.63) is 35.4 Å². The van der Waals surface area contributed by atoms with Crippen LogP contribution in [0.1, 0.15) is 43.1 Å². The quantitative estimate of drug-likeness (QED) is 0.802. The van der Waals surface area contributed by atoms with E-state index < -0.39 is 11.4 Å². The first-order valence-electron chi connectivity index (χ1n) is 6.36. The molecule has 0 spiro atoms. The standard InChI is InChI=1S/C15H20O4/c1-4-19-13(16)12-7-5-6-11(10-12)8-9-15(2,3)14(17)18/h5-7,10H,4,8-9H2,1-3H3,(H,17,18). The van der Waals surface area contributed by atoms with Crippen molar-refractivity contribution < 1.29 is 19.4 Å². The van der Waals surface area contributed by atoms with Crippen LogP contribution in [0, 0.1) is 5.41 Å². The van der Waals surface area contributed by atoms with Gasteiger partial charge in [0, 0.05) is 0 Å². The Hall–Kier alpha value is -1.84. The molecule has 1 N–H and O–H groups in total. The summed E-state index contributed by atoms with van der Waals surface area (Å²) in [6.07, 6.45) is 1.14. The van der Waals surface area contributed by atoms with Crippen molar-refractivity contribution >= 4 is 11.9 Å². The van der Waals surface area contributed by atoms with Gasteiger partial charge >= 0.3 is 11.9 Å². The predicted molar refractivity (Wildman–Crippen MR) is 72.1 cm³/mol. The second kappa shape index (κ2) is 6.36. The molecule has 0 saturated carbocycles. The van der Waals surface area contributed by atoms with Gasteiger partial charge in [0.1, 0.15) is 0 Å². The highest BCUT2D eigenvalue weighted by molar-refractivity contribution is 5.89. The second-order valence-corrected chi connectivity index (χ2v) is 5.11. The summed E-state index contributed by atoms with van der Waals surface area (Å²) in [6, 6.07) is 7.13. The summed E-state index contributed by atoms with van der Waals surface area (Å²) in [5.74, 6) is -1.16. The molecule has 0 saturated heterocycles. The van der Waals surface area contributed by atoms with E-state index in [1.165, 1.54) is 0 Å². The fourth-order valence-corrected chi connectivity index (χ4v) is 1.63. The fourth-order valence-electron chi connectivity index (χ4n) is 1.63. The molecular weight excluding hydrogens is 244 g/mol. The predicted octanol–water partition coefficient (Wildman–Crippen LogP) is 2.91. The molecule has 0 fully saturated rings. The van der Waals surface area contributed by atoms with Crippen molar-refractivity contribution in [2.75, 3.05) is 6.61 Å². The highest BCUT2D eigenvalue weighted by atomic mass is 16.5. The normalized spacial score (nSPS) is 11.1. The number of rotatable bonds is 6. The lowest BCUT2D eigenvalue weighted by Gasteiger charge is -2.18. The largest absolute Gasteiger partial charge is 0.481 e. The third kappa shape index (κ3) is 4.39. The van der Waals surface area contributed by atoms with Gasteiger partial charge in [-0.3, -0.25) is 4.79 Å². The SMILES string of the molecule is CCOC(=O)c1cccc(CCC(C)(C)C(=O)O)c1. The Morgan fingerprint density at radius 3 is 2.58 bits per heavy atom. The summed E-state index contributed by atoms with van der Waals surface area (Å²) in [5.41, 5.74) is 0.687. The lowest BCUT2D eigenvalue weighted by Crippen LogP contribution is -2.24. The van der Waals surface area contributed by atoms with Gasteiger partial charge in [0.05, 0.1) is 17.6 Å². The average molecular weight is 264 g/mol. The maximum Gasteiger partial charge on any atom is 0.338 e. The molecule has 19 heavy (non-hydrogen) atoms. The third-order valence-corrected chi connectivity index (χ3v) is 3.06. The highest BCUT2D eigenvalue weighted by Crippen LogP contribution is 2.23. The summed E-state index contributed by atoms with van der Waals surface area (Å²) in [5, 5.41) is 9.06. The van der Waals surface area contributed by atoms with Gasteiger partial charge in [-0.25, -0.2) is 4.79 Å². The summed E-state index contributed by atoms with van der Waals surface area (Å²) < 4.78 is 4.93. The Morgan fingerprint density at radius 1 is 1.32 bits per heavy atom. The summed E-state index contributed by atoms with van der Waals surface area (Å²) >= 11 is 0. The van der Waals surface area contributed by atoms with Crippen LogP contribution in [0.3, 0.4) is 0 Å². The van der Waals surface area contributed by atoms with Crippen LogP contribution in [0.15, 0.2) is 24.3 Å². The van der Waals surface area contributed by atoms with E-state index in [-0.39, 0.29) is 5.97 Å². The lowest BCUT2D eigenvalue weighted by molar-refractivity contribution is -0.147. The molecule has 0 atom stereocenters. The number of esters is 1. The third-order valence-electron chi connectivity index (χ3n) is 3.06. The first kappa shape index (κ1) is 15.2. The summed E-state index contributed by atoms with van der Waals surface area (Å²) in [4.78, 5) is 22.6. The molecule has 104 valence electrons. The van der Waals surface area contributed by atoms with E-state index >= 15 is 0 Å². The number of hydrogen-bond donors (Lipinski definition) is 1. The van der Waals surface area contributed by atoms with Crippen LogP contribution in [-0.4, -0.2) is 23.7 Å². The van der Waals surface area contributed by atoms with Gasteiger partial charge in [-0.15, -0.1) is 0 Å². The Bertz CT molecular complexity index is 463. The molecule has 1 aromatic carbocycles. The smallest absolute Gasteiger partial charge is 0.338 e. The summed E-state index contributed by atoms with van der Waals surface area (Å²) in [6.45, 7) is 5.50. The van der Waals surface area contributed by atoms with Gasteiger partial charge < -0.3 is 9.84 Å². The Balaban J connectivity index is 2.73. The van der Waals surface area contributed by atoms with E-state index in [2.05, 4.69) is 0 Å². The van der Waals surface area contributed by atoms with Crippen molar-refractivity contribution in [2.45, 2.75) is 33.6 Å². The van der Waals surface area contributed by atoms with Crippen LogP contribution >= 0.6 is 0 Å². The number of carboxylic acid groups (broad SMARTS) is 1. The van der Waals surface area contributed by atoms with Gasteiger partial charge in [-0.05, 0) is 51.3 Å². The van der Waals surface area contributed by atoms with E-state index in [9.17, 15) is 9.59 Å². The van der Waals surface area contributed by atoms with Crippen molar-refractivity contribution in [1.29, 1.82) is 0 Å². The van der Waals surface area contributed by atoms with Crippen molar-refractivity contribution in [3.63, 3.8) is 0 Å². The Kier molecular flexibility index (Phi) is 5.10. The monoisotopic (exact) mass is 264 g/mol. The number of aliphatic carboxylic acids is 1. The fraction of sp³-hybridized carbons (Fsp3) is 0.467. The van der Waals surface area contributed by atoms with Gasteiger partial charge in [0.2, 0.25) is 0 Å². The minimum absolute atomic E-state index is 0.342. The van der Waals surface area contributed by atoms with Crippen LogP contribution in [0.2, 0.25) is 0 Å². The molecule has 0 unspecified atom stereocenters.